The summed E-state index contributed by atoms with van der Waals surface area (Å²) in [7, 11) is 1.09. The van der Waals surface area contributed by atoms with Crippen molar-refractivity contribution in [2.45, 2.75) is 25.9 Å². The lowest BCUT2D eigenvalue weighted by Gasteiger charge is -2.24. The van der Waals surface area contributed by atoms with Gasteiger partial charge in [0.05, 0.1) is 18.9 Å². The summed E-state index contributed by atoms with van der Waals surface area (Å²) in [6.45, 7) is 2.81. The van der Waals surface area contributed by atoms with Crippen LogP contribution in [0.15, 0.2) is 24.3 Å². The van der Waals surface area contributed by atoms with Crippen LogP contribution >= 0.6 is 0 Å². The van der Waals surface area contributed by atoms with Crippen LogP contribution < -0.4 is 0 Å². The van der Waals surface area contributed by atoms with Crippen LogP contribution in [0.1, 0.15) is 24.0 Å². The van der Waals surface area contributed by atoms with E-state index in [1.165, 1.54) is 12.1 Å². The largest absolute Gasteiger partial charge is 0.469 e. The van der Waals surface area contributed by atoms with E-state index in [-0.39, 0.29) is 0 Å². The third-order valence-corrected chi connectivity index (χ3v) is 2.91. The first-order valence-corrected chi connectivity index (χ1v) is 5.48. The van der Waals surface area contributed by atoms with E-state index in [1.807, 2.05) is 6.92 Å². The highest BCUT2D eigenvalue weighted by atomic mass is 19.4. The zero-order valence-electron chi connectivity index (χ0n) is 10.4. The van der Waals surface area contributed by atoms with Gasteiger partial charge in [-0.1, -0.05) is 36.8 Å². The Morgan fingerprint density at radius 3 is 2.11 bits per heavy atom. The second-order valence-electron chi connectivity index (χ2n) is 4.24. The molecular formula is C13H15F3O2. The van der Waals surface area contributed by atoms with Gasteiger partial charge in [0.25, 0.3) is 0 Å². The molecular weight excluding hydrogens is 245 g/mol. The van der Waals surface area contributed by atoms with Gasteiger partial charge in [0.1, 0.15) is 0 Å². The molecule has 1 rings (SSSR count). The second kappa shape index (κ2) is 5.42. The lowest BCUT2D eigenvalue weighted by Crippen LogP contribution is -2.31. The van der Waals surface area contributed by atoms with Gasteiger partial charge in [0.2, 0.25) is 0 Å². The number of alkyl halides is 3. The van der Waals surface area contributed by atoms with Crippen molar-refractivity contribution in [1.29, 1.82) is 0 Å². The first kappa shape index (κ1) is 14.5. The summed E-state index contributed by atoms with van der Waals surface area (Å²) >= 11 is 0. The van der Waals surface area contributed by atoms with Crippen molar-refractivity contribution in [3.63, 3.8) is 0 Å². The number of hydrogen-bond acceptors (Lipinski definition) is 2. The van der Waals surface area contributed by atoms with E-state index in [4.69, 9.17) is 0 Å². The SMILES string of the molecule is COC(=O)C(c1ccc(C)cc1)C(C)C(F)(F)F. The Morgan fingerprint density at radius 1 is 1.22 bits per heavy atom. The Labute approximate surface area is 104 Å². The molecule has 0 radical (unpaired) electrons. The molecule has 0 amide bonds. The number of halogens is 3. The highest BCUT2D eigenvalue weighted by Crippen LogP contribution is 2.38. The van der Waals surface area contributed by atoms with Crippen molar-refractivity contribution in [1.82, 2.24) is 0 Å². The van der Waals surface area contributed by atoms with Crippen molar-refractivity contribution in [2.75, 3.05) is 7.11 Å². The molecule has 2 unspecified atom stereocenters. The Hall–Kier alpha value is -1.52. The molecule has 0 fully saturated rings. The third-order valence-electron chi connectivity index (χ3n) is 2.91. The van der Waals surface area contributed by atoms with Crippen molar-refractivity contribution >= 4 is 5.97 Å². The molecule has 0 aliphatic carbocycles. The molecule has 0 spiro atoms. The molecule has 2 nitrogen and oxygen atoms in total. The minimum atomic E-state index is -4.44. The zero-order valence-corrected chi connectivity index (χ0v) is 10.4. The zero-order chi connectivity index (χ0) is 13.9. The number of esters is 1. The Morgan fingerprint density at radius 2 is 1.72 bits per heavy atom. The van der Waals surface area contributed by atoms with Crippen LogP contribution in [0, 0.1) is 12.8 Å². The molecule has 0 bridgehead atoms. The smallest absolute Gasteiger partial charge is 0.392 e. The second-order valence-corrected chi connectivity index (χ2v) is 4.24. The van der Waals surface area contributed by atoms with E-state index in [0.29, 0.717) is 5.56 Å². The first-order valence-electron chi connectivity index (χ1n) is 5.48. The molecule has 2 atom stereocenters. The lowest BCUT2D eigenvalue weighted by atomic mass is 9.86. The maximum Gasteiger partial charge on any atom is 0.392 e. The van der Waals surface area contributed by atoms with Gasteiger partial charge in [-0.2, -0.15) is 13.2 Å². The Balaban J connectivity index is 3.14. The van der Waals surface area contributed by atoms with Gasteiger partial charge in [-0.25, -0.2) is 0 Å². The maximum atomic E-state index is 12.8. The fourth-order valence-corrected chi connectivity index (χ4v) is 1.72. The fourth-order valence-electron chi connectivity index (χ4n) is 1.72. The average Bonchev–Trinajstić information content (AvgIpc) is 2.30. The quantitative estimate of drug-likeness (QED) is 0.778. The molecule has 5 heteroatoms. The molecule has 1 aromatic rings. The summed E-state index contributed by atoms with van der Waals surface area (Å²) < 4.78 is 42.7. The average molecular weight is 260 g/mol. The Kier molecular flexibility index (Phi) is 4.38. The lowest BCUT2D eigenvalue weighted by molar-refractivity contribution is -0.184. The van der Waals surface area contributed by atoms with E-state index in [9.17, 15) is 18.0 Å². The number of methoxy groups -OCH3 is 1. The number of carbonyl (C=O) groups excluding carboxylic acids is 1. The van der Waals surface area contributed by atoms with Gasteiger partial charge >= 0.3 is 12.1 Å². The van der Waals surface area contributed by atoms with E-state index in [2.05, 4.69) is 4.74 Å². The summed E-state index contributed by atoms with van der Waals surface area (Å²) in [4.78, 5) is 11.6. The van der Waals surface area contributed by atoms with Gasteiger partial charge in [0.15, 0.2) is 0 Å². The van der Waals surface area contributed by atoms with Crippen LogP contribution in [0.25, 0.3) is 0 Å². The molecule has 0 heterocycles. The molecule has 1 aromatic carbocycles. The van der Waals surface area contributed by atoms with E-state index >= 15 is 0 Å². The molecule has 0 saturated heterocycles. The van der Waals surface area contributed by atoms with Crippen molar-refractivity contribution in [3.05, 3.63) is 35.4 Å². The van der Waals surface area contributed by atoms with Crippen molar-refractivity contribution < 1.29 is 22.7 Å². The van der Waals surface area contributed by atoms with Crippen molar-refractivity contribution in [2.24, 2.45) is 5.92 Å². The molecule has 100 valence electrons. The number of carbonyl (C=O) groups is 1. The Bertz CT molecular complexity index is 409. The van der Waals surface area contributed by atoms with Crippen LogP contribution in [0.3, 0.4) is 0 Å². The molecule has 0 aliphatic rings. The van der Waals surface area contributed by atoms with Crippen LogP contribution in [-0.2, 0) is 9.53 Å². The summed E-state index contributed by atoms with van der Waals surface area (Å²) in [6, 6.07) is 6.40. The summed E-state index contributed by atoms with van der Waals surface area (Å²) in [5.74, 6) is -3.98. The minimum Gasteiger partial charge on any atom is -0.469 e. The van der Waals surface area contributed by atoms with Gasteiger partial charge in [0, 0.05) is 0 Å². The minimum absolute atomic E-state index is 0.317. The van der Waals surface area contributed by atoms with Gasteiger partial charge in [-0.3, -0.25) is 4.79 Å². The molecule has 18 heavy (non-hydrogen) atoms. The highest BCUT2D eigenvalue weighted by Gasteiger charge is 2.45. The van der Waals surface area contributed by atoms with Crippen LogP contribution in [-0.4, -0.2) is 19.3 Å². The summed E-state index contributed by atoms with van der Waals surface area (Å²) in [5.41, 5.74) is 1.24. The summed E-state index contributed by atoms with van der Waals surface area (Å²) in [6.07, 6.45) is -4.44. The predicted molar refractivity (Wildman–Crippen MR) is 61.2 cm³/mol. The molecule has 0 N–H and O–H groups in total. The topological polar surface area (TPSA) is 26.3 Å². The van der Waals surface area contributed by atoms with E-state index in [0.717, 1.165) is 19.6 Å². The first-order chi connectivity index (χ1) is 8.27. The number of rotatable bonds is 3. The van der Waals surface area contributed by atoms with Crippen LogP contribution in [0.2, 0.25) is 0 Å². The maximum absolute atomic E-state index is 12.8. The highest BCUT2D eigenvalue weighted by molar-refractivity contribution is 5.78. The number of benzene rings is 1. The van der Waals surface area contributed by atoms with Gasteiger partial charge < -0.3 is 4.74 Å². The molecule has 0 aromatic heterocycles. The van der Waals surface area contributed by atoms with E-state index < -0.39 is 24.0 Å². The monoisotopic (exact) mass is 260 g/mol. The fraction of sp³-hybridized carbons (Fsp3) is 0.462. The standard InChI is InChI=1S/C13H15F3O2/c1-8-4-6-10(7-5-8)11(12(17)18-3)9(2)13(14,15)16/h4-7,9,11H,1-3H3. The molecule has 0 saturated carbocycles. The summed E-state index contributed by atoms with van der Waals surface area (Å²) in [5, 5.41) is 0. The van der Waals surface area contributed by atoms with Crippen molar-refractivity contribution in [3.8, 4) is 0 Å². The van der Waals surface area contributed by atoms with E-state index in [1.54, 1.807) is 12.1 Å². The predicted octanol–water partition coefficient (Wildman–Crippen LogP) is 3.45. The number of ether oxygens (including phenoxy) is 1. The normalized spacial score (nSPS) is 15.0. The van der Waals surface area contributed by atoms with Gasteiger partial charge in [-0.05, 0) is 12.5 Å². The van der Waals surface area contributed by atoms with Gasteiger partial charge in [-0.15, -0.1) is 0 Å². The molecule has 0 aliphatic heterocycles. The van der Waals surface area contributed by atoms with Crippen LogP contribution in [0.4, 0.5) is 13.2 Å². The third kappa shape index (κ3) is 3.24. The van der Waals surface area contributed by atoms with Crippen LogP contribution in [0.5, 0.6) is 0 Å². The number of aryl methyl sites for hydroxylation is 1. The number of hydrogen-bond donors (Lipinski definition) is 0.